The van der Waals surface area contributed by atoms with Crippen molar-refractivity contribution >= 4 is 0 Å². The van der Waals surface area contributed by atoms with E-state index in [1.54, 1.807) is 0 Å². The van der Waals surface area contributed by atoms with Gasteiger partial charge in [0.1, 0.15) is 5.82 Å². The van der Waals surface area contributed by atoms with Crippen LogP contribution in [0.15, 0.2) is 42.5 Å². The highest BCUT2D eigenvalue weighted by atomic mass is 19.1. The third-order valence-corrected chi connectivity index (χ3v) is 3.31. The first-order valence-electron chi connectivity index (χ1n) is 7.34. The number of pyridine rings is 1. The van der Waals surface area contributed by atoms with Crippen molar-refractivity contribution in [2.75, 3.05) is 19.6 Å². The van der Waals surface area contributed by atoms with Crippen LogP contribution in [0.25, 0.3) is 0 Å². The van der Waals surface area contributed by atoms with Gasteiger partial charge in [-0.2, -0.15) is 0 Å². The van der Waals surface area contributed by atoms with Crippen LogP contribution in [0, 0.1) is 12.7 Å². The topological polar surface area (TPSA) is 37.0 Å². The quantitative estimate of drug-likeness (QED) is 0.769. The smallest absolute Gasteiger partial charge is 0.123 e. The van der Waals surface area contributed by atoms with Crippen LogP contribution in [0.1, 0.15) is 29.9 Å². The van der Waals surface area contributed by atoms with Crippen molar-refractivity contribution in [1.29, 1.82) is 0 Å². The number of rotatable bonds is 7. The number of hydrogen-bond donors (Lipinski definition) is 2. The third kappa shape index (κ3) is 4.62. The van der Waals surface area contributed by atoms with Gasteiger partial charge in [0.15, 0.2) is 0 Å². The van der Waals surface area contributed by atoms with Crippen molar-refractivity contribution in [3.8, 4) is 0 Å². The van der Waals surface area contributed by atoms with Crippen molar-refractivity contribution in [2.45, 2.75) is 19.9 Å². The Hall–Kier alpha value is -1.78. The van der Waals surface area contributed by atoms with E-state index in [9.17, 15) is 4.39 Å². The van der Waals surface area contributed by atoms with Crippen LogP contribution in [0.4, 0.5) is 4.39 Å². The van der Waals surface area contributed by atoms with E-state index < -0.39 is 0 Å². The Kier molecular flexibility index (Phi) is 5.84. The SMILES string of the molecule is CCNCCNC(c1ccc(F)cc1)c1cccc(C)n1. The molecule has 2 rings (SSSR count). The highest BCUT2D eigenvalue weighted by Gasteiger charge is 2.14. The summed E-state index contributed by atoms with van der Waals surface area (Å²) < 4.78 is 13.1. The second kappa shape index (κ2) is 7.86. The van der Waals surface area contributed by atoms with Crippen LogP contribution < -0.4 is 10.6 Å². The van der Waals surface area contributed by atoms with Crippen molar-refractivity contribution in [3.05, 3.63) is 65.2 Å². The van der Waals surface area contributed by atoms with Crippen molar-refractivity contribution in [1.82, 2.24) is 15.6 Å². The lowest BCUT2D eigenvalue weighted by molar-refractivity contribution is 0.562. The van der Waals surface area contributed by atoms with E-state index >= 15 is 0 Å². The van der Waals surface area contributed by atoms with Crippen molar-refractivity contribution < 1.29 is 4.39 Å². The minimum Gasteiger partial charge on any atom is -0.316 e. The average Bonchev–Trinajstić information content (AvgIpc) is 2.49. The van der Waals surface area contributed by atoms with E-state index in [-0.39, 0.29) is 11.9 Å². The van der Waals surface area contributed by atoms with Gasteiger partial charge in [0.05, 0.1) is 11.7 Å². The molecule has 0 aliphatic rings. The maximum Gasteiger partial charge on any atom is 0.123 e. The maximum absolute atomic E-state index is 13.1. The molecule has 1 unspecified atom stereocenters. The van der Waals surface area contributed by atoms with Gasteiger partial charge in [-0.05, 0) is 43.3 Å². The second-order valence-corrected chi connectivity index (χ2v) is 5.00. The molecule has 2 aromatic rings. The van der Waals surface area contributed by atoms with Crippen LogP contribution in [0.5, 0.6) is 0 Å². The predicted molar refractivity (Wildman–Crippen MR) is 83.8 cm³/mol. The summed E-state index contributed by atoms with van der Waals surface area (Å²) in [5.74, 6) is -0.220. The molecule has 1 heterocycles. The number of hydrogen-bond acceptors (Lipinski definition) is 3. The monoisotopic (exact) mass is 287 g/mol. The Morgan fingerprint density at radius 2 is 1.86 bits per heavy atom. The summed E-state index contributed by atoms with van der Waals surface area (Å²) >= 11 is 0. The van der Waals surface area contributed by atoms with E-state index in [4.69, 9.17) is 0 Å². The van der Waals surface area contributed by atoms with Gasteiger partial charge in [0.25, 0.3) is 0 Å². The Labute approximate surface area is 125 Å². The molecule has 0 aliphatic heterocycles. The Balaban J connectivity index is 2.19. The second-order valence-electron chi connectivity index (χ2n) is 5.00. The van der Waals surface area contributed by atoms with E-state index in [1.165, 1.54) is 12.1 Å². The standard InChI is InChI=1S/C17H22FN3/c1-3-19-11-12-20-17(14-7-9-15(18)10-8-14)16-6-4-5-13(2)21-16/h4-10,17,19-20H,3,11-12H2,1-2H3. The van der Waals surface area contributed by atoms with Gasteiger partial charge in [-0.15, -0.1) is 0 Å². The first-order valence-corrected chi connectivity index (χ1v) is 7.34. The molecule has 1 aromatic heterocycles. The van der Waals surface area contributed by atoms with Crippen LogP contribution in [0.2, 0.25) is 0 Å². The zero-order chi connectivity index (χ0) is 15.1. The molecule has 3 nitrogen and oxygen atoms in total. The fourth-order valence-corrected chi connectivity index (χ4v) is 2.25. The Morgan fingerprint density at radius 3 is 2.52 bits per heavy atom. The van der Waals surface area contributed by atoms with Gasteiger partial charge in [0, 0.05) is 18.8 Å². The van der Waals surface area contributed by atoms with Gasteiger partial charge in [0.2, 0.25) is 0 Å². The molecule has 1 aromatic carbocycles. The highest BCUT2D eigenvalue weighted by molar-refractivity contribution is 5.28. The molecular weight excluding hydrogens is 265 g/mol. The van der Waals surface area contributed by atoms with E-state index in [0.717, 1.165) is 36.6 Å². The molecule has 0 saturated carbocycles. The lowest BCUT2D eigenvalue weighted by Gasteiger charge is -2.19. The number of nitrogens with zero attached hydrogens (tertiary/aromatic N) is 1. The van der Waals surface area contributed by atoms with E-state index in [0.29, 0.717) is 0 Å². The normalized spacial score (nSPS) is 12.3. The summed E-state index contributed by atoms with van der Waals surface area (Å²) in [6, 6.07) is 12.6. The van der Waals surface area contributed by atoms with Gasteiger partial charge in [-0.3, -0.25) is 4.98 Å². The number of halogens is 1. The first kappa shape index (κ1) is 15.6. The summed E-state index contributed by atoms with van der Waals surface area (Å²) in [6.07, 6.45) is 0. The number of aromatic nitrogens is 1. The molecule has 1 atom stereocenters. The fourth-order valence-electron chi connectivity index (χ4n) is 2.25. The molecule has 0 fully saturated rings. The number of nitrogens with one attached hydrogen (secondary N) is 2. The minimum absolute atomic E-state index is 0.0239. The zero-order valence-electron chi connectivity index (χ0n) is 12.6. The summed E-state index contributed by atoms with van der Waals surface area (Å²) in [4.78, 5) is 4.59. The molecule has 112 valence electrons. The Morgan fingerprint density at radius 1 is 1.10 bits per heavy atom. The van der Waals surface area contributed by atoms with Gasteiger partial charge in [-0.1, -0.05) is 25.1 Å². The molecule has 21 heavy (non-hydrogen) atoms. The molecule has 4 heteroatoms. The lowest BCUT2D eigenvalue weighted by atomic mass is 10.0. The van der Waals surface area contributed by atoms with Crippen molar-refractivity contribution in [3.63, 3.8) is 0 Å². The number of likely N-dealkylation sites (N-methyl/N-ethyl adjacent to an activating group) is 1. The molecule has 0 bridgehead atoms. The van der Waals surface area contributed by atoms with Crippen LogP contribution in [-0.4, -0.2) is 24.6 Å². The summed E-state index contributed by atoms with van der Waals surface area (Å²) in [7, 11) is 0. The maximum atomic E-state index is 13.1. The third-order valence-electron chi connectivity index (χ3n) is 3.31. The molecule has 0 saturated heterocycles. The van der Waals surface area contributed by atoms with Gasteiger partial charge in [-0.25, -0.2) is 4.39 Å². The Bertz CT molecular complexity index is 554. The molecule has 0 spiro atoms. The first-order chi connectivity index (χ1) is 10.2. The average molecular weight is 287 g/mol. The summed E-state index contributed by atoms with van der Waals surface area (Å²) in [5.41, 5.74) is 2.96. The highest BCUT2D eigenvalue weighted by Crippen LogP contribution is 2.20. The minimum atomic E-state index is -0.220. The van der Waals surface area contributed by atoms with Gasteiger partial charge < -0.3 is 10.6 Å². The van der Waals surface area contributed by atoms with Gasteiger partial charge >= 0.3 is 0 Å². The molecule has 0 amide bonds. The molecular formula is C17H22FN3. The van der Waals surface area contributed by atoms with Crippen LogP contribution >= 0.6 is 0 Å². The summed E-state index contributed by atoms with van der Waals surface area (Å²) in [6.45, 7) is 6.72. The molecule has 0 aliphatic carbocycles. The predicted octanol–water partition coefficient (Wildman–Crippen LogP) is 2.82. The van der Waals surface area contributed by atoms with E-state index in [2.05, 4.69) is 22.5 Å². The van der Waals surface area contributed by atoms with Crippen LogP contribution in [0.3, 0.4) is 0 Å². The largest absolute Gasteiger partial charge is 0.316 e. The zero-order valence-corrected chi connectivity index (χ0v) is 12.6. The van der Waals surface area contributed by atoms with Crippen LogP contribution in [-0.2, 0) is 0 Å². The number of aryl methyl sites for hydroxylation is 1. The molecule has 0 radical (unpaired) electrons. The lowest BCUT2D eigenvalue weighted by Crippen LogP contribution is -2.31. The number of benzene rings is 1. The van der Waals surface area contributed by atoms with E-state index in [1.807, 2.05) is 37.3 Å². The fraction of sp³-hybridized carbons (Fsp3) is 0.353. The molecule has 2 N–H and O–H groups in total. The summed E-state index contributed by atoms with van der Waals surface area (Å²) in [5, 5.41) is 6.77. The van der Waals surface area contributed by atoms with Crippen molar-refractivity contribution in [2.24, 2.45) is 0 Å².